The van der Waals surface area contributed by atoms with E-state index < -0.39 is 35.1 Å². The molecule has 0 aliphatic carbocycles. The Bertz CT molecular complexity index is 862. The van der Waals surface area contributed by atoms with Gasteiger partial charge in [0, 0.05) is 5.69 Å². The standard InChI is InChI=1S/C17H14N2O6/c20-11-4-1-9(2-5-11)18-13-8-15(22)19(16(13)23)10-3-6-14(21)12(7-10)17(24)25/h1-7,13,18,20-21H,8H2,(H,24,25). The lowest BCUT2D eigenvalue weighted by molar-refractivity contribution is -0.121. The molecule has 1 aliphatic rings. The van der Waals surface area contributed by atoms with Crippen LogP contribution in [0.4, 0.5) is 11.4 Å². The minimum atomic E-state index is -1.36. The topological polar surface area (TPSA) is 127 Å². The fourth-order valence-corrected chi connectivity index (χ4v) is 2.61. The number of phenolic OH excluding ortho intramolecular Hbond substituents is 1. The van der Waals surface area contributed by atoms with Crippen molar-refractivity contribution in [1.29, 1.82) is 0 Å². The minimum Gasteiger partial charge on any atom is -0.508 e. The van der Waals surface area contributed by atoms with Crippen LogP contribution in [0.15, 0.2) is 42.5 Å². The number of nitrogens with zero attached hydrogens (tertiary/aromatic N) is 1. The number of aromatic carboxylic acids is 1. The van der Waals surface area contributed by atoms with E-state index in [9.17, 15) is 24.6 Å². The molecule has 0 spiro atoms. The van der Waals surface area contributed by atoms with Crippen molar-refractivity contribution in [2.45, 2.75) is 12.5 Å². The summed E-state index contributed by atoms with van der Waals surface area (Å²) < 4.78 is 0. The van der Waals surface area contributed by atoms with Crippen LogP contribution in [0.5, 0.6) is 11.5 Å². The molecule has 2 aromatic rings. The average Bonchev–Trinajstić information content (AvgIpc) is 2.84. The van der Waals surface area contributed by atoms with Crippen LogP contribution in [0.25, 0.3) is 0 Å². The molecule has 25 heavy (non-hydrogen) atoms. The number of hydrogen-bond donors (Lipinski definition) is 4. The van der Waals surface area contributed by atoms with Gasteiger partial charge in [-0.1, -0.05) is 0 Å². The molecular weight excluding hydrogens is 328 g/mol. The smallest absolute Gasteiger partial charge is 0.339 e. The highest BCUT2D eigenvalue weighted by Crippen LogP contribution is 2.29. The summed E-state index contributed by atoms with van der Waals surface area (Å²) in [6, 6.07) is 8.73. The molecule has 1 saturated heterocycles. The molecule has 1 aliphatic heterocycles. The first-order valence-electron chi connectivity index (χ1n) is 7.35. The fourth-order valence-electron chi connectivity index (χ4n) is 2.61. The van der Waals surface area contributed by atoms with Crippen molar-refractivity contribution in [3.63, 3.8) is 0 Å². The number of carboxylic acids is 1. The Morgan fingerprint density at radius 2 is 1.76 bits per heavy atom. The third-order valence-electron chi connectivity index (χ3n) is 3.82. The summed E-state index contributed by atoms with van der Waals surface area (Å²) in [5.41, 5.74) is 0.246. The van der Waals surface area contributed by atoms with Gasteiger partial charge in [0.2, 0.25) is 5.91 Å². The van der Waals surface area contributed by atoms with Gasteiger partial charge in [0.15, 0.2) is 0 Å². The first-order valence-corrected chi connectivity index (χ1v) is 7.35. The SMILES string of the molecule is O=C(O)c1cc(N2C(=O)CC(Nc3ccc(O)cc3)C2=O)ccc1O. The molecule has 1 fully saturated rings. The van der Waals surface area contributed by atoms with Gasteiger partial charge >= 0.3 is 5.97 Å². The van der Waals surface area contributed by atoms with Gasteiger partial charge in [-0.15, -0.1) is 0 Å². The van der Waals surface area contributed by atoms with Crippen LogP contribution in [0.1, 0.15) is 16.8 Å². The lowest BCUT2D eigenvalue weighted by atomic mass is 10.1. The number of benzene rings is 2. The first-order chi connectivity index (χ1) is 11.9. The molecule has 0 radical (unpaired) electrons. The van der Waals surface area contributed by atoms with Crippen molar-refractivity contribution in [2.75, 3.05) is 10.2 Å². The number of imide groups is 1. The molecule has 128 valence electrons. The van der Waals surface area contributed by atoms with Crippen LogP contribution in [0, 0.1) is 0 Å². The molecule has 8 nitrogen and oxygen atoms in total. The van der Waals surface area contributed by atoms with Gasteiger partial charge in [-0.05, 0) is 42.5 Å². The van der Waals surface area contributed by atoms with E-state index in [2.05, 4.69) is 5.32 Å². The van der Waals surface area contributed by atoms with E-state index in [1.165, 1.54) is 18.2 Å². The normalized spacial score (nSPS) is 17.0. The van der Waals surface area contributed by atoms with Gasteiger partial charge in [-0.2, -0.15) is 0 Å². The van der Waals surface area contributed by atoms with Crippen molar-refractivity contribution < 1.29 is 29.7 Å². The molecule has 1 unspecified atom stereocenters. The molecule has 3 rings (SSSR count). The monoisotopic (exact) mass is 342 g/mol. The Morgan fingerprint density at radius 3 is 2.40 bits per heavy atom. The molecule has 4 N–H and O–H groups in total. The summed E-state index contributed by atoms with van der Waals surface area (Å²) in [5, 5.41) is 30.8. The Kier molecular flexibility index (Phi) is 4.02. The quantitative estimate of drug-likeness (QED) is 0.490. The maximum Gasteiger partial charge on any atom is 0.339 e. The van der Waals surface area contributed by atoms with E-state index in [0.29, 0.717) is 5.69 Å². The number of hydrogen-bond acceptors (Lipinski definition) is 6. The van der Waals surface area contributed by atoms with Gasteiger partial charge in [-0.3, -0.25) is 9.59 Å². The van der Waals surface area contributed by atoms with Crippen LogP contribution in [-0.4, -0.2) is 39.1 Å². The third-order valence-corrected chi connectivity index (χ3v) is 3.82. The Balaban J connectivity index is 1.85. The Hall–Kier alpha value is -3.55. The van der Waals surface area contributed by atoms with Gasteiger partial charge in [0.1, 0.15) is 23.1 Å². The zero-order valence-corrected chi connectivity index (χ0v) is 12.8. The number of carbonyl (C=O) groups excluding carboxylic acids is 2. The van der Waals surface area contributed by atoms with E-state index in [1.807, 2.05) is 0 Å². The number of phenols is 2. The predicted octanol–water partition coefficient (Wildman–Crippen LogP) is 1.54. The van der Waals surface area contributed by atoms with Gasteiger partial charge in [0.25, 0.3) is 5.91 Å². The number of anilines is 2. The van der Waals surface area contributed by atoms with Crippen molar-refractivity contribution in [3.05, 3.63) is 48.0 Å². The van der Waals surface area contributed by atoms with Crippen LogP contribution >= 0.6 is 0 Å². The highest BCUT2D eigenvalue weighted by atomic mass is 16.4. The second kappa shape index (κ2) is 6.16. The number of carbonyl (C=O) groups is 3. The average molecular weight is 342 g/mol. The zero-order valence-electron chi connectivity index (χ0n) is 12.8. The van der Waals surface area contributed by atoms with Crippen molar-refractivity contribution in [2.24, 2.45) is 0 Å². The van der Waals surface area contributed by atoms with Crippen LogP contribution in [0.2, 0.25) is 0 Å². The molecule has 2 amide bonds. The van der Waals surface area contributed by atoms with Gasteiger partial charge < -0.3 is 20.6 Å². The third kappa shape index (κ3) is 3.09. The predicted molar refractivity (Wildman–Crippen MR) is 87.7 cm³/mol. The zero-order chi connectivity index (χ0) is 18.1. The van der Waals surface area contributed by atoms with E-state index in [1.54, 1.807) is 12.1 Å². The summed E-state index contributed by atoms with van der Waals surface area (Å²) in [6.45, 7) is 0. The summed E-state index contributed by atoms with van der Waals surface area (Å²) in [5.74, 6) is -2.75. The number of aromatic hydroxyl groups is 2. The maximum atomic E-state index is 12.5. The Morgan fingerprint density at radius 1 is 1.08 bits per heavy atom. The summed E-state index contributed by atoms with van der Waals surface area (Å²) >= 11 is 0. The maximum absolute atomic E-state index is 12.5. The number of carboxylic acid groups (broad SMARTS) is 1. The van der Waals surface area contributed by atoms with Gasteiger partial charge in [0.05, 0.1) is 12.1 Å². The van der Waals surface area contributed by atoms with E-state index in [0.717, 1.165) is 17.0 Å². The molecule has 0 bridgehead atoms. The number of rotatable bonds is 4. The van der Waals surface area contributed by atoms with Crippen LogP contribution < -0.4 is 10.2 Å². The number of nitrogens with one attached hydrogen (secondary N) is 1. The van der Waals surface area contributed by atoms with Gasteiger partial charge in [-0.25, -0.2) is 9.69 Å². The molecule has 1 atom stereocenters. The van der Waals surface area contributed by atoms with Crippen LogP contribution in [-0.2, 0) is 9.59 Å². The second-order valence-corrected chi connectivity index (χ2v) is 5.52. The molecule has 8 heteroatoms. The highest BCUT2D eigenvalue weighted by Gasteiger charge is 2.39. The molecule has 2 aromatic carbocycles. The van der Waals surface area contributed by atoms with Crippen molar-refractivity contribution in [1.82, 2.24) is 0 Å². The first kappa shape index (κ1) is 16.3. The lowest BCUT2D eigenvalue weighted by Gasteiger charge is -2.17. The fraction of sp³-hybridized carbons (Fsp3) is 0.118. The van der Waals surface area contributed by atoms with E-state index >= 15 is 0 Å². The summed E-state index contributed by atoms with van der Waals surface area (Å²) in [6.07, 6.45) is -0.0943. The van der Waals surface area contributed by atoms with E-state index in [-0.39, 0.29) is 17.9 Å². The summed E-state index contributed by atoms with van der Waals surface area (Å²) in [7, 11) is 0. The van der Waals surface area contributed by atoms with E-state index in [4.69, 9.17) is 5.11 Å². The molecule has 1 heterocycles. The van der Waals surface area contributed by atoms with Crippen LogP contribution in [0.3, 0.4) is 0 Å². The molecule has 0 aromatic heterocycles. The molecule has 0 saturated carbocycles. The minimum absolute atomic E-state index is 0.0753. The second-order valence-electron chi connectivity index (χ2n) is 5.52. The largest absolute Gasteiger partial charge is 0.508 e. The van der Waals surface area contributed by atoms with Crippen molar-refractivity contribution in [3.8, 4) is 11.5 Å². The molecular formula is C17H14N2O6. The lowest BCUT2D eigenvalue weighted by Crippen LogP contribution is -2.34. The highest BCUT2D eigenvalue weighted by molar-refractivity contribution is 6.23. The van der Waals surface area contributed by atoms with Crippen molar-refractivity contribution >= 4 is 29.2 Å². The number of amides is 2. The summed E-state index contributed by atoms with van der Waals surface area (Å²) in [4.78, 5) is 36.8. The Labute approximate surface area is 141 Å².